The summed E-state index contributed by atoms with van der Waals surface area (Å²) in [6, 6.07) is 3.31. The molecule has 1 N–H and O–H groups in total. The molecule has 0 spiro atoms. The average molecular weight is 327 g/mol. The normalized spacial score (nSPS) is 14.2. The summed E-state index contributed by atoms with van der Waals surface area (Å²) in [7, 11) is 1.59. The van der Waals surface area contributed by atoms with Crippen LogP contribution in [0.2, 0.25) is 0 Å². The lowest BCUT2D eigenvalue weighted by Gasteiger charge is -2.26. The third kappa shape index (κ3) is 6.15. The van der Waals surface area contributed by atoms with Crippen LogP contribution in [-0.4, -0.2) is 37.2 Å². The molecule has 0 radical (unpaired) electrons. The summed E-state index contributed by atoms with van der Waals surface area (Å²) in [5.41, 5.74) is -0.573. The van der Waals surface area contributed by atoms with E-state index in [4.69, 9.17) is 9.47 Å². The van der Waals surface area contributed by atoms with Gasteiger partial charge in [-0.25, -0.2) is 4.79 Å². The number of thiophene rings is 1. The number of Topliss-reactive ketones (excluding diaryl/α,β-unsaturated/α-hetero) is 1. The second-order valence-corrected chi connectivity index (χ2v) is 7.11. The molecule has 1 rings (SSSR count). The van der Waals surface area contributed by atoms with Crippen LogP contribution in [0.5, 0.6) is 0 Å². The van der Waals surface area contributed by atoms with Gasteiger partial charge in [-0.3, -0.25) is 4.79 Å². The van der Waals surface area contributed by atoms with Crippen molar-refractivity contribution in [3.05, 3.63) is 22.4 Å². The molecule has 0 aliphatic carbocycles. The minimum absolute atomic E-state index is 0.0205. The van der Waals surface area contributed by atoms with Crippen molar-refractivity contribution in [3.63, 3.8) is 0 Å². The van der Waals surface area contributed by atoms with Crippen LogP contribution in [-0.2, 0) is 9.47 Å². The van der Waals surface area contributed by atoms with Gasteiger partial charge in [0.05, 0.1) is 4.88 Å². The maximum absolute atomic E-state index is 12.5. The molecule has 0 saturated carbocycles. The molecule has 22 heavy (non-hydrogen) atoms. The lowest BCUT2D eigenvalue weighted by Crippen LogP contribution is -2.45. The molecular formula is C16H25NO4S. The fourth-order valence-corrected chi connectivity index (χ4v) is 2.74. The maximum Gasteiger partial charge on any atom is 0.407 e. The second kappa shape index (κ2) is 8.29. The number of methoxy groups -OCH3 is 1. The summed E-state index contributed by atoms with van der Waals surface area (Å²) < 4.78 is 10.3. The minimum atomic E-state index is -0.573. The van der Waals surface area contributed by atoms with Crippen molar-refractivity contribution in [3.8, 4) is 0 Å². The van der Waals surface area contributed by atoms with Crippen LogP contribution < -0.4 is 5.32 Å². The molecule has 0 aliphatic heterocycles. The van der Waals surface area contributed by atoms with Gasteiger partial charge in [-0.1, -0.05) is 13.0 Å². The largest absolute Gasteiger partial charge is 0.444 e. The first kappa shape index (κ1) is 18.6. The quantitative estimate of drug-likeness (QED) is 0.779. The van der Waals surface area contributed by atoms with E-state index in [1.807, 2.05) is 18.4 Å². The highest BCUT2D eigenvalue weighted by molar-refractivity contribution is 7.12. The number of rotatable bonds is 7. The summed E-state index contributed by atoms with van der Waals surface area (Å²) in [6.45, 7) is 7.69. The number of ketones is 1. The van der Waals surface area contributed by atoms with E-state index in [0.29, 0.717) is 17.9 Å². The topological polar surface area (TPSA) is 64.6 Å². The lowest BCUT2D eigenvalue weighted by atomic mass is 9.94. The average Bonchev–Trinajstić information content (AvgIpc) is 2.93. The smallest absolute Gasteiger partial charge is 0.407 e. The van der Waals surface area contributed by atoms with Crippen molar-refractivity contribution in [2.75, 3.05) is 13.7 Å². The van der Waals surface area contributed by atoms with Gasteiger partial charge in [0.1, 0.15) is 5.60 Å². The standard InChI is InChI=1S/C16H25NO4S/c1-11(14(18)13-7-6-10-22-13)12(8-9-20-5)17-15(19)21-16(2,3)4/h6-7,10-12H,8-9H2,1-5H3,(H,17,19). The van der Waals surface area contributed by atoms with Crippen LogP contribution in [0.15, 0.2) is 17.5 Å². The predicted octanol–water partition coefficient (Wildman–Crippen LogP) is 3.50. The highest BCUT2D eigenvalue weighted by atomic mass is 32.1. The van der Waals surface area contributed by atoms with Gasteiger partial charge in [-0.05, 0) is 38.6 Å². The molecule has 124 valence electrons. The Balaban J connectivity index is 2.74. The van der Waals surface area contributed by atoms with Crippen LogP contribution in [0.3, 0.4) is 0 Å². The van der Waals surface area contributed by atoms with Crippen molar-refractivity contribution in [1.29, 1.82) is 0 Å². The van der Waals surface area contributed by atoms with Crippen LogP contribution in [0.1, 0.15) is 43.8 Å². The van der Waals surface area contributed by atoms with Crippen LogP contribution in [0, 0.1) is 5.92 Å². The molecule has 6 heteroatoms. The summed E-state index contributed by atoms with van der Waals surface area (Å²) >= 11 is 1.40. The van der Waals surface area contributed by atoms with Crippen molar-refractivity contribution >= 4 is 23.2 Å². The van der Waals surface area contributed by atoms with Crippen LogP contribution in [0.4, 0.5) is 4.79 Å². The van der Waals surface area contributed by atoms with E-state index in [1.54, 1.807) is 33.9 Å². The highest BCUT2D eigenvalue weighted by Crippen LogP contribution is 2.19. The molecule has 0 fully saturated rings. The molecule has 2 atom stereocenters. The monoisotopic (exact) mass is 327 g/mol. The number of carbonyl (C=O) groups is 2. The van der Waals surface area contributed by atoms with Gasteiger partial charge in [0.15, 0.2) is 5.78 Å². The maximum atomic E-state index is 12.5. The van der Waals surface area contributed by atoms with Gasteiger partial charge < -0.3 is 14.8 Å². The number of hydrogen-bond donors (Lipinski definition) is 1. The summed E-state index contributed by atoms with van der Waals surface area (Å²) in [5, 5.41) is 4.66. The van der Waals surface area contributed by atoms with Gasteiger partial charge in [0.2, 0.25) is 0 Å². The SMILES string of the molecule is COCCC(NC(=O)OC(C)(C)C)C(C)C(=O)c1cccs1. The predicted molar refractivity (Wildman–Crippen MR) is 87.5 cm³/mol. The van der Waals surface area contributed by atoms with Crippen molar-refractivity contribution in [2.24, 2.45) is 5.92 Å². The molecule has 2 unspecified atom stereocenters. The molecule has 0 aromatic carbocycles. The van der Waals surface area contributed by atoms with E-state index in [0.717, 1.165) is 0 Å². The molecule has 5 nitrogen and oxygen atoms in total. The van der Waals surface area contributed by atoms with Crippen LogP contribution >= 0.6 is 11.3 Å². The van der Waals surface area contributed by atoms with Gasteiger partial charge in [-0.15, -0.1) is 11.3 Å². The molecule has 1 heterocycles. The van der Waals surface area contributed by atoms with Gasteiger partial charge in [-0.2, -0.15) is 0 Å². The molecule has 0 aliphatic rings. The Morgan fingerprint density at radius 1 is 1.36 bits per heavy atom. The third-order valence-corrected chi connectivity index (χ3v) is 4.00. The van der Waals surface area contributed by atoms with E-state index in [-0.39, 0.29) is 17.7 Å². The number of carbonyl (C=O) groups excluding carboxylic acids is 2. The van der Waals surface area contributed by atoms with Gasteiger partial charge >= 0.3 is 6.09 Å². The summed E-state index contributed by atoms with van der Waals surface area (Å²) in [4.78, 5) is 25.1. The Kier molecular flexibility index (Phi) is 7.03. The van der Waals surface area contributed by atoms with Crippen molar-refractivity contribution in [2.45, 2.75) is 45.8 Å². The first-order valence-corrected chi connectivity index (χ1v) is 8.18. The fraction of sp³-hybridized carbons (Fsp3) is 0.625. The first-order chi connectivity index (χ1) is 10.2. The Labute approximate surface area is 136 Å². The van der Waals surface area contributed by atoms with E-state index in [2.05, 4.69) is 5.32 Å². The van der Waals surface area contributed by atoms with E-state index in [1.165, 1.54) is 11.3 Å². The van der Waals surface area contributed by atoms with E-state index in [9.17, 15) is 9.59 Å². The number of alkyl carbamates (subject to hydrolysis) is 1. The zero-order valence-electron chi connectivity index (χ0n) is 13.8. The zero-order valence-corrected chi connectivity index (χ0v) is 14.7. The van der Waals surface area contributed by atoms with E-state index >= 15 is 0 Å². The fourth-order valence-electron chi connectivity index (χ4n) is 1.98. The summed E-state index contributed by atoms with van der Waals surface area (Å²) in [6.07, 6.45) is 0.0352. The Hall–Kier alpha value is -1.40. The third-order valence-electron chi connectivity index (χ3n) is 3.12. The van der Waals surface area contributed by atoms with Crippen molar-refractivity contribution < 1.29 is 19.1 Å². The molecule has 1 amide bonds. The lowest BCUT2D eigenvalue weighted by molar-refractivity contribution is 0.0471. The molecule has 0 bridgehead atoms. The number of amides is 1. The van der Waals surface area contributed by atoms with Gasteiger partial charge in [0, 0.05) is 25.7 Å². The Bertz CT molecular complexity index is 479. The first-order valence-electron chi connectivity index (χ1n) is 7.30. The molecule has 0 saturated heterocycles. The molecule has 1 aromatic heterocycles. The Morgan fingerprint density at radius 3 is 2.55 bits per heavy atom. The van der Waals surface area contributed by atoms with E-state index < -0.39 is 11.7 Å². The van der Waals surface area contributed by atoms with Gasteiger partial charge in [0.25, 0.3) is 0 Å². The number of hydrogen-bond acceptors (Lipinski definition) is 5. The zero-order chi connectivity index (χ0) is 16.8. The van der Waals surface area contributed by atoms with Crippen LogP contribution in [0.25, 0.3) is 0 Å². The number of nitrogens with one attached hydrogen (secondary N) is 1. The molecular weight excluding hydrogens is 302 g/mol. The molecule has 1 aromatic rings. The summed E-state index contributed by atoms with van der Waals surface area (Å²) in [5.74, 6) is -0.325. The number of ether oxygens (including phenoxy) is 2. The minimum Gasteiger partial charge on any atom is -0.444 e. The Morgan fingerprint density at radius 2 is 2.05 bits per heavy atom. The van der Waals surface area contributed by atoms with Crippen molar-refractivity contribution in [1.82, 2.24) is 5.32 Å². The second-order valence-electron chi connectivity index (χ2n) is 6.16. The highest BCUT2D eigenvalue weighted by Gasteiger charge is 2.28.